The quantitative estimate of drug-likeness (QED) is 0.220. The fraction of sp³-hybridized carbons (Fsp3) is 0.346. The second kappa shape index (κ2) is 12.4. The molecule has 3 N–H and O–H groups in total. The molecule has 36 heavy (non-hydrogen) atoms. The molecule has 10 heteroatoms. The van der Waals surface area contributed by atoms with Crippen molar-refractivity contribution in [1.82, 2.24) is 9.97 Å². The number of halogens is 1. The van der Waals surface area contributed by atoms with Crippen LogP contribution in [0.4, 0.5) is 5.69 Å². The SMILES string of the molecule is CN=C/C=C(\N)COC(/N=C(/C)N(C=O)c1cc(-c2nc(C(C)(C)O)ncc2C)ccc1Cl)=C(C)C. The highest BCUT2D eigenvalue weighted by molar-refractivity contribution is 6.34. The van der Waals surface area contributed by atoms with Crippen molar-refractivity contribution in [3.05, 3.63) is 64.0 Å². The average molecular weight is 513 g/mol. The Morgan fingerprint density at radius 1 is 1.31 bits per heavy atom. The zero-order valence-corrected chi connectivity index (χ0v) is 22.5. The van der Waals surface area contributed by atoms with Crippen molar-refractivity contribution in [2.45, 2.75) is 47.1 Å². The van der Waals surface area contributed by atoms with E-state index < -0.39 is 5.60 Å². The van der Waals surface area contributed by atoms with E-state index >= 15 is 0 Å². The van der Waals surface area contributed by atoms with Gasteiger partial charge in [0.15, 0.2) is 5.82 Å². The van der Waals surface area contributed by atoms with E-state index in [1.807, 2.05) is 20.8 Å². The average Bonchev–Trinajstić information content (AvgIpc) is 2.81. The lowest BCUT2D eigenvalue weighted by Crippen LogP contribution is -2.27. The number of nitrogens with zero attached hydrogens (tertiary/aromatic N) is 5. The van der Waals surface area contributed by atoms with Crippen LogP contribution in [0.3, 0.4) is 0 Å². The van der Waals surface area contributed by atoms with Gasteiger partial charge in [0.25, 0.3) is 0 Å². The van der Waals surface area contributed by atoms with Gasteiger partial charge in [-0.3, -0.25) is 14.7 Å². The minimum atomic E-state index is -1.21. The molecular weight excluding hydrogens is 480 g/mol. The maximum atomic E-state index is 12.2. The van der Waals surface area contributed by atoms with Gasteiger partial charge >= 0.3 is 0 Å². The Bertz CT molecular complexity index is 1220. The molecule has 1 heterocycles. The third kappa shape index (κ3) is 7.47. The smallest absolute Gasteiger partial charge is 0.219 e. The highest BCUT2D eigenvalue weighted by Crippen LogP contribution is 2.32. The molecule has 0 atom stereocenters. The van der Waals surface area contributed by atoms with E-state index in [1.165, 1.54) is 4.90 Å². The van der Waals surface area contributed by atoms with E-state index in [4.69, 9.17) is 22.1 Å². The number of hydrogen-bond acceptors (Lipinski definition) is 8. The van der Waals surface area contributed by atoms with E-state index in [0.29, 0.717) is 45.8 Å². The Morgan fingerprint density at radius 3 is 2.58 bits per heavy atom. The lowest BCUT2D eigenvalue weighted by atomic mass is 10.0. The van der Waals surface area contributed by atoms with Crippen molar-refractivity contribution < 1.29 is 14.6 Å². The van der Waals surface area contributed by atoms with Crippen molar-refractivity contribution in [3.63, 3.8) is 0 Å². The Balaban J connectivity index is 2.47. The van der Waals surface area contributed by atoms with Crippen LogP contribution in [-0.2, 0) is 15.1 Å². The molecule has 0 saturated heterocycles. The summed E-state index contributed by atoms with van der Waals surface area (Å²) in [5.74, 6) is 0.959. The number of anilines is 1. The minimum Gasteiger partial charge on any atom is -0.471 e. The molecule has 9 nitrogen and oxygen atoms in total. The first-order chi connectivity index (χ1) is 16.9. The summed E-state index contributed by atoms with van der Waals surface area (Å²) in [5.41, 5.74) is 8.52. The Labute approximate surface area is 217 Å². The van der Waals surface area contributed by atoms with Crippen LogP contribution < -0.4 is 10.6 Å². The molecule has 1 aromatic heterocycles. The zero-order chi connectivity index (χ0) is 27.0. The number of aromatic nitrogens is 2. The second-order valence-corrected chi connectivity index (χ2v) is 9.23. The molecule has 2 rings (SSSR count). The molecule has 192 valence electrons. The molecule has 0 bridgehead atoms. The van der Waals surface area contributed by atoms with Gasteiger partial charge < -0.3 is 15.6 Å². The van der Waals surface area contributed by atoms with Gasteiger partial charge in [0.1, 0.15) is 18.0 Å². The monoisotopic (exact) mass is 512 g/mol. The maximum Gasteiger partial charge on any atom is 0.219 e. The number of carbonyl (C=O) groups is 1. The van der Waals surface area contributed by atoms with Crippen LogP contribution in [0.25, 0.3) is 11.3 Å². The molecule has 1 amide bonds. The largest absolute Gasteiger partial charge is 0.471 e. The topological polar surface area (TPSA) is 126 Å². The number of carbonyl (C=O) groups excluding carboxylic acids is 1. The summed E-state index contributed by atoms with van der Waals surface area (Å²) >= 11 is 6.49. The van der Waals surface area contributed by atoms with Gasteiger partial charge in [-0.05, 0) is 70.9 Å². The van der Waals surface area contributed by atoms with Crippen LogP contribution in [-0.4, -0.2) is 47.2 Å². The van der Waals surface area contributed by atoms with Crippen molar-refractivity contribution in [2.75, 3.05) is 18.6 Å². The van der Waals surface area contributed by atoms with Crippen molar-refractivity contribution >= 4 is 35.7 Å². The van der Waals surface area contributed by atoms with Gasteiger partial charge in [-0.1, -0.05) is 17.7 Å². The van der Waals surface area contributed by atoms with E-state index in [1.54, 1.807) is 64.5 Å². The summed E-state index contributed by atoms with van der Waals surface area (Å²) in [7, 11) is 1.65. The van der Waals surface area contributed by atoms with Crippen LogP contribution in [0, 0.1) is 6.92 Å². The van der Waals surface area contributed by atoms with Crippen LogP contribution in [0.1, 0.15) is 46.0 Å². The Morgan fingerprint density at radius 2 is 2.00 bits per heavy atom. The number of allylic oxidation sites excluding steroid dienone is 2. The number of aliphatic imine (C=N–C) groups is 2. The normalized spacial score (nSPS) is 12.6. The molecule has 0 aliphatic heterocycles. The lowest BCUT2D eigenvalue weighted by Gasteiger charge is -2.21. The Kier molecular flexibility index (Phi) is 9.89. The number of nitrogens with two attached hydrogens (primary N) is 1. The van der Waals surface area contributed by atoms with Crippen molar-refractivity contribution in [1.29, 1.82) is 0 Å². The number of benzene rings is 1. The van der Waals surface area contributed by atoms with Crippen molar-refractivity contribution in [3.8, 4) is 11.3 Å². The van der Waals surface area contributed by atoms with Gasteiger partial charge in [-0.2, -0.15) is 0 Å². The summed E-state index contributed by atoms with van der Waals surface area (Å²) in [6.07, 6.45) is 5.50. The van der Waals surface area contributed by atoms with Gasteiger partial charge in [0.2, 0.25) is 12.3 Å². The highest BCUT2D eigenvalue weighted by atomic mass is 35.5. The highest BCUT2D eigenvalue weighted by Gasteiger charge is 2.22. The fourth-order valence-corrected chi connectivity index (χ4v) is 3.25. The van der Waals surface area contributed by atoms with Gasteiger partial charge in [0.05, 0.1) is 16.4 Å². The summed E-state index contributed by atoms with van der Waals surface area (Å²) in [5, 5.41) is 10.7. The number of aryl methyl sites for hydroxylation is 1. The van der Waals surface area contributed by atoms with Crippen molar-refractivity contribution in [2.24, 2.45) is 15.7 Å². The molecule has 0 aliphatic rings. The third-order valence-electron chi connectivity index (χ3n) is 4.96. The zero-order valence-electron chi connectivity index (χ0n) is 21.7. The molecule has 1 aromatic carbocycles. The van der Waals surface area contributed by atoms with Crippen LogP contribution >= 0.6 is 11.6 Å². The minimum absolute atomic E-state index is 0.108. The second-order valence-electron chi connectivity index (χ2n) is 8.83. The summed E-state index contributed by atoms with van der Waals surface area (Å²) in [6.45, 7) is 10.6. The first-order valence-corrected chi connectivity index (χ1v) is 11.6. The summed E-state index contributed by atoms with van der Waals surface area (Å²) in [6, 6.07) is 5.22. The number of aliphatic hydroxyl groups is 1. The van der Waals surface area contributed by atoms with E-state index in [9.17, 15) is 9.90 Å². The molecule has 0 unspecified atom stereocenters. The Hall–Kier alpha value is -3.56. The van der Waals surface area contributed by atoms with E-state index in [2.05, 4.69) is 20.0 Å². The molecule has 0 aliphatic carbocycles. The van der Waals surface area contributed by atoms with E-state index in [-0.39, 0.29) is 12.4 Å². The van der Waals surface area contributed by atoms with Gasteiger partial charge in [-0.15, -0.1) is 0 Å². The molecular formula is C26H33ClN6O3. The first-order valence-electron chi connectivity index (χ1n) is 11.2. The van der Waals surface area contributed by atoms with Crippen LogP contribution in [0.2, 0.25) is 5.02 Å². The first kappa shape index (κ1) is 28.7. The molecule has 0 saturated carbocycles. The van der Waals surface area contributed by atoms with Crippen LogP contribution in [0.15, 0.2) is 57.6 Å². The lowest BCUT2D eigenvalue weighted by molar-refractivity contribution is -0.106. The van der Waals surface area contributed by atoms with Crippen LogP contribution in [0.5, 0.6) is 0 Å². The molecule has 0 spiro atoms. The number of rotatable bonds is 9. The summed E-state index contributed by atoms with van der Waals surface area (Å²) in [4.78, 5) is 30.7. The third-order valence-corrected chi connectivity index (χ3v) is 5.28. The standard InChI is InChI=1S/C26H33ClN6O3/c1-16(2)24(36-14-20(28)10-11-29-7)31-18(4)33(15-34)22-12-19(8-9-21(22)27)23-17(3)13-30-25(32-23)26(5,6)35/h8-13,15,35H,14,28H2,1-7H3/b20-10-,29-11?,31-18-. The summed E-state index contributed by atoms with van der Waals surface area (Å²) < 4.78 is 5.77. The molecule has 0 fully saturated rings. The predicted octanol–water partition coefficient (Wildman–Crippen LogP) is 4.53. The number of ether oxygens (including phenoxy) is 1. The molecule has 0 radical (unpaired) electrons. The molecule has 2 aromatic rings. The van der Waals surface area contributed by atoms with E-state index in [0.717, 1.165) is 11.1 Å². The number of amidine groups is 1. The number of amides is 1. The van der Waals surface area contributed by atoms with Gasteiger partial charge in [0, 0.05) is 30.7 Å². The number of hydrogen-bond donors (Lipinski definition) is 2. The maximum absolute atomic E-state index is 12.2. The predicted molar refractivity (Wildman–Crippen MR) is 145 cm³/mol. The fourth-order valence-electron chi connectivity index (χ4n) is 3.04. The van der Waals surface area contributed by atoms with Gasteiger partial charge in [-0.25, -0.2) is 15.0 Å².